The van der Waals surface area contributed by atoms with Gasteiger partial charge in [-0.15, -0.1) is 0 Å². The van der Waals surface area contributed by atoms with Gasteiger partial charge >= 0.3 is 11.6 Å². The van der Waals surface area contributed by atoms with Crippen LogP contribution >= 0.6 is 15.9 Å². The van der Waals surface area contributed by atoms with Crippen LogP contribution in [0.4, 0.5) is 0 Å². The van der Waals surface area contributed by atoms with Crippen LogP contribution in [0.3, 0.4) is 0 Å². The molecule has 0 spiro atoms. The lowest BCUT2D eigenvalue weighted by atomic mass is 9.86. The minimum atomic E-state index is -0.506. The summed E-state index contributed by atoms with van der Waals surface area (Å²) in [7, 11) is 1.55. The van der Waals surface area contributed by atoms with Crippen molar-refractivity contribution in [3.8, 4) is 11.5 Å². The van der Waals surface area contributed by atoms with Crippen LogP contribution in [0.25, 0.3) is 11.0 Å². The number of halogens is 1. The highest BCUT2D eigenvalue weighted by Gasteiger charge is 2.35. The molecule has 1 aliphatic rings. The lowest BCUT2D eigenvalue weighted by molar-refractivity contribution is -0.135. The van der Waals surface area contributed by atoms with Crippen molar-refractivity contribution in [1.29, 1.82) is 0 Å². The fraction of sp³-hybridized carbons (Fsp3) is 0.158. The van der Waals surface area contributed by atoms with E-state index in [1.54, 1.807) is 37.4 Å². The molecule has 0 saturated carbocycles. The summed E-state index contributed by atoms with van der Waals surface area (Å²) < 4.78 is 17.1. The van der Waals surface area contributed by atoms with Crippen LogP contribution in [0.1, 0.15) is 23.5 Å². The molecule has 2 aromatic carbocycles. The Bertz CT molecular complexity index is 1050. The number of rotatable bonds is 2. The zero-order valence-electron chi connectivity index (χ0n) is 13.2. The standard InChI is InChI=1S/C19H13BrO5/c1-23-14-7-6-10(20)8-12(14)13-9-16(21)25-18-11-4-2-3-5-15(11)24-19(22)17(13)18/h2-8,13H,9H2,1H3. The summed E-state index contributed by atoms with van der Waals surface area (Å²) in [5, 5.41) is 0.601. The van der Waals surface area contributed by atoms with E-state index in [-0.39, 0.29) is 12.2 Å². The predicted molar refractivity (Wildman–Crippen MR) is 95.3 cm³/mol. The van der Waals surface area contributed by atoms with Gasteiger partial charge in [-0.2, -0.15) is 0 Å². The highest BCUT2D eigenvalue weighted by Crippen LogP contribution is 2.43. The molecule has 5 nitrogen and oxygen atoms in total. The lowest BCUT2D eigenvalue weighted by Gasteiger charge is -2.25. The van der Waals surface area contributed by atoms with E-state index in [4.69, 9.17) is 13.9 Å². The number of benzene rings is 2. The van der Waals surface area contributed by atoms with Crippen molar-refractivity contribution in [1.82, 2.24) is 0 Å². The number of hydrogen-bond acceptors (Lipinski definition) is 5. The van der Waals surface area contributed by atoms with Crippen molar-refractivity contribution in [3.05, 3.63) is 68.5 Å². The maximum Gasteiger partial charge on any atom is 0.343 e. The topological polar surface area (TPSA) is 65.7 Å². The summed E-state index contributed by atoms with van der Waals surface area (Å²) in [6, 6.07) is 12.5. The SMILES string of the molecule is COc1ccc(Br)cc1C1CC(=O)Oc2c1c(=O)oc1ccccc21. The number of hydrogen-bond donors (Lipinski definition) is 0. The van der Waals surface area contributed by atoms with Crippen molar-refractivity contribution in [2.24, 2.45) is 0 Å². The summed E-state index contributed by atoms with van der Waals surface area (Å²) in [6.45, 7) is 0. The van der Waals surface area contributed by atoms with E-state index in [1.807, 2.05) is 12.1 Å². The van der Waals surface area contributed by atoms with Gasteiger partial charge in [0.25, 0.3) is 0 Å². The van der Waals surface area contributed by atoms with Crippen molar-refractivity contribution in [2.45, 2.75) is 12.3 Å². The maximum atomic E-state index is 12.6. The van der Waals surface area contributed by atoms with Gasteiger partial charge in [0.2, 0.25) is 0 Å². The van der Waals surface area contributed by atoms with E-state index < -0.39 is 17.5 Å². The van der Waals surface area contributed by atoms with Gasteiger partial charge in [0.05, 0.1) is 24.5 Å². The first kappa shape index (κ1) is 15.9. The number of fused-ring (bicyclic) bond motifs is 3. The average Bonchev–Trinajstić information content (AvgIpc) is 2.61. The van der Waals surface area contributed by atoms with Gasteiger partial charge in [-0.3, -0.25) is 4.79 Å². The molecule has 0 radical (unpaired) electrons. The van der Waals surface area contributed by atoms with E-state index in [0.29, 0.717) is 22.3 Å². The molecule has 0 aliphatic carbocycles. The molecule has 6 heteroatoms. The summed E-state index contributed by atoms with van der Waals surface area (Å²) >= 11 is 3.43. The van der Waals surface area contributed by atoms with Gasteiger partial charge in [0.1, 0.15) is 11.3 Å². The first-order valence-corrected chi connectivity index (χ1v) is 8.47. The summed E-state index contributed by atoms with van der Waals surface area (Å²) in [4.78, 5) is 24.9. The minimum Gasteiger partial charge on any atom is -0.496 e. The fourth-order valence-electron chi connectivity index (χ4n) is 3.21. The third-order valence-electron chi connectivity index (χ3n) is 4.30. The molecule has 3 aromatic rings. The number of esters is 1. The van der Waals surface area contributed by atoms with Crippen molar-refractivity contribution in [3.63, 3.8) is 0 Å². The third-order valence-corrected chi connectivity index (χ3v) is 4.79. The summed E-state index contributed by atoms with van der Waals surface area (Å²) in [5.41, 5.74) is 0.959. The van der Waals surface area contributed by atoms with Crippen LogP contribution < -0.4 is 15.1 Å². The number of ether oxygens (including phenoxy) is 2. The lowest BCUT2D eigenvalue weighted by Crippen LogP contribution is -2.27. The normalized spacial score (nSPS) is 16.4. The smallest absolute Gasteiger partial charge is 0.343 e. The van der Waals surface area contributed by atoms with Crippen LogP contribution in [-0.2, 0) is 4.79 Å². The Labute approximate surface area is 151 Å². The van der Waals surface area contributed by atoms with Crippen LogP contribution in [0, 0.1) is 0 Å². The molecule has 2 heterocycles. The Balaban J connectivity index is 2.03. The average molecular weight is 401 g/mol. The second-order valence-electron chi connectivity index (χ2n) is 5.75. The monoisotopic (exact) mass is 400 g/mol. The Morgan fingerprint density at radius 2 is 1.96 bits per heavy atom. The zero-order valence-corrected chi connectivity index (χ0v) is 14.8. The van der Waals surface area contributed by atoms with E-state index >= 15 is 0 Å². The van der Waals surface area contributed by atoms with Gasteiger partial charge in [0, 0.05) is 16.0 Å². The van der Waals surface area contributed by atoms with Crippen molar-refractivity contribution < 1.29 is 18.7 Å². The highest BCUT2D eigenvalue weighted by atomic mass is 79.9. The Morgan fingerprint density at radius 3 is 2.76 bits per heavy atom. The molecule has 25 heavy (non-hydrogen) atoms. The van der Waals surface area contributed by atoms with Crippen molar-refractivity contribution >= 4 is 32.9 Å². The molecule has 0 fully saturated rings. The van der Waals surface area contributed by atoms with E-state index in [9.17, 15) is 9.59 Å². The maximum absolute atomic E-state index is 12.6. The van der Waals surface area contributed by atoms with E-state index in [1.165, 1.54) is 0 Å². The molecular formula is C19H13BrO5. The minimum absolute atomic E-state index is 0.0446. The largest absolute Gasteiger partial charge is 0.496 e. The Kier molecular flexibility index (Phi) is 3.84. The Hall–Kier alpha value is -2.60. The molecule has 1 atom stereocenters. The number of methoxy groups -OCH3 is 1. The van der Waals surface area contributed by atoms with E-state index in [2.05, 4.69) is 15.9 Å². The van der Waals surface area contributed by atoms with Gasteiger partial charge in [0.15, 0.2) is 5.75 Å². The molecular weight excluding hydrogens is 388 g/mol. The number of para-hydroxylation sites is 1. The first-order valence-electron chi connectivity index (χ1n) is 7.68. The predicted octanol–water partition coefficient (Wildman–Crippen LogP) is 4.01. The molecule has 0 bridgehead atoms. The third kappa shape index (κ3) is 2.62. The molecule has 1 aliphatic heterocycles. The first-order chi connectivity index (χ1) is 12.1. The van der Waals surface area contributed by atoms with Crippen LogP contribution in [0.2, 0.25) is 0 Å². The molecule has 126 valence electrons. The Morgan fingerprint density at radius 1 is 1.16 bits per heavy atom. The second kappa shape index (κ2) is 6.04. The van der Waals surface area contributed by atoms with Gasteiger partial charge in [-0.05, 0) is 30.3 Å². The molecule has 4 rings (SSSR count). The molecule has 0 N–H and O–H groups in total. The second-order valence-corrected chi connectivity index (χ2v) is 6.66. The molecule has 0 amide bonds. The van der Waals surface area contributed by atoms with Crippen LogP contribution in [-0.4, -0.2) is 13.1 Å². The molecule has 0 saturated heterocycles. The number of carbonyl (C=O) groups excluding carboxylic acids is 1. The molecule has 1 aromatic heterocycles. The molecule has 1 unspecified atom stereocenters. The highest BCUT2D eigenvalue weighted by molar-refractivity contribution is 9.10. The zero-order chi connectivity index (χ0) is 17.6. The number of carbonyl (C=O) groups is 1. The van der Waals surface area contributed by atoms with Crippen molar-refractivity contribution in [2.75, 3.05) is 7.11 Å². The summed E-state index contributed by atoms with van der Waals surface area (Å²) in [5.74, 6) is -0.0172. The quantitative estimate of drug-likeness (QED) is 0.480. The van der Waals surface area contributed by atoms with Gasteiger partial charge in [-0.25, -0.2) is 4.79 Å². The van der Waals surface area contributed by atoms with Gasteiger partial charge in [-0.1, -0.05) is 28.1 Å². The summed E-state index contributed by atoms with van der Waals surface area (Å²) in [6.07, 6.45) is 0.0446. The van der Waals surface area contributed by atoms with Crippen LogP contribution in [0.15, 0.2) is 56.1 Å². The van der Waals surface area contributed by atoms with Crippen LogP contribution in [0.5, 0.6) is 11.5 Å². The fourth-order valence-corrected chi connectivity index (χ4v) is 3.59. The van der Waals surface area contributed by atoms with Gasteiger partial charge < -0.3 is 13.9 Å². The van der Waals surface area contributed by atoms with E-state index in [0.717, 1.165) is 10.0 Å².